The van der Waals surface area contributed by atoms with Gasteiger partial charge >= 0.3 is 11.9 Å². The number of unbranched alkanes of at least 4 members (excludes halogenated alkanes) is 32. The SMILES string of the molecule is CC/C=C\C/C=C\C/C=C\C/C=C\C/C=C\C/C=C\C/C=C\C/C=C\C/C=C\C/C=C\CCCCCCCCC(=O)OC(COC(=O)CCCCCCCCCCCCCCCCCCCCCCCCCCCC/C=C\C/C=C\C/C=C\C/C=C\CC)COP(=O)([O-])OCC[N+](C)(C)C. The van der Waals surface area contributed by atoms with Gasteiger partial charge in [0.25, 0.3) is 7.82 Å². The monoisotopic (exact) mass is 1410 g/mol. The smallest absolute Gasteiger partial charge is 0.306 e. The summed E-state index contributed by atoms with van der Waals surface area (Å²) in [4.78, 5) is 38.2. The van der Waals surface area contributed by atoms with Crippen molar-refractivity contribution in [1.82, 2.24) is 0 Å². The lowest BCUT2D eigenvalue weighted by Gasteiger charge is -2.28. The van der Waals surface area contributed by atoms with Crippen LogP contribution in [0.15, 0.2) is 170 Å². The minimum atomic E-state index is -4.66. The van der Waals surface area contributed by atoms with Gasteiger partial charge in [-0.15, -0.1) is 0 Å². The molecule has 0 rings (SSSR count). The van der Waals surface area contributed by atoms with Gasteiger partial charge in [-0.05, 0) is 128 Å². The van der Waals surface area contributed by atoms with E-state index in [9.17, 15) is 19.0 Å². The lowest BCUT2D eigenvalue weighted by atomic mass is 10.0. The number of esters is 2. The first-order chi connectivity index (χ1) is 49.0. The Kier molecular flexibility index (Phi) is 74.9. The molecule has 0 aliphatic carbocycles. The van der Waals surface area contributed by atoms with Crippen molar-refractivity contribution in [3.63, 3.8) is 0 Å². The predicted molar refractivity (Wildman–Crippen MR) is 433 cm³/mol. The van der Waals surface area contributed by atoms with Gasteiger partial charge < -0.3 is 27.9 Å². The standard InChI is InChI=1S/C90H152NO8P/c1-6-8-10-12-14-16-18-20-22-24-26-28-30-32-34-36-38-40-42-44-45-47-48-50-52-54-56-58-60-62-64-66-68-70-72-74-76-78-80-82-89(92)96-86-88(87-98-100(94,95)97-85-84-91(3,4)5)99-90(93)83-81-79-77-75-73-71-69-67-65-63-61-59-57-55-53-51-49-46-43-41-39-37-35-33-31-29-27-25-23-21-19-17-15-13-11-9-7-2/h8-11,14-17,20-23,26-29,33,35,39,41,46,49,53,55,59,61,65,67,88H,6-7,12-13,18-19,24-25,30-32,34,36-38,40,42-45,47-48,50-52,54,56-58,60,62-64,66,68-87H2,1-5H3/b10-8-,11-9-,16-14-,17-15-,22-20-,23-21-,28-26-,29-27-,35-33-,41-39-,49-46-,55-53-,61-59-,67-65-. The molecule has 10 heteroatoms. The van der Waals surface area contributed by atoms with E-state index in [1.54, 1.807) is 0 Å². The third kappa shape index (κ3) is 82.3. The van der Waals surface area contributed by atoms with Crippen LogP contribution in [0.25, 0.3) is 0 Å². The van der Waals surface area contributed by atoms with Crippen LogP contribution in [0.5, 0.6) is 0 Å². The van der Waals surface area contributed by atoms with Crippen molar-refractivity contribution in [2.75, 3.05) is 47.5 Å². The number of phosphoric ester groups is 1. The molecule has 0 aliphatic rings. The summed E-state index contributed by atoms with van der Waals surface area (Å²) in [5, 5.41) is 0. The Balaban J connectivity index is 4.02. The summed E-state index contributed by atoms with van der Waals surface area (Å²) >= 11 is 0. The van der Waals surface area contributed by atoms with Crippen LogP contribution < -0.4 is 4.89 Å². The van der Waals surface area contributed by atoms with Crippen molar-refractivity contribution in [3.8, 4) is 0 Å². The van der Waals surface area contributed by atoms with Crippen molar-refractivity contribution in [1.29, 1.82) is 0 Å². The number of carbonyl (C=O) groups is 2. The van der Waals surface area contributed by atoms with Crippen LogP contribution in [-0.4, -0.2) is 70.0 Å². The van der Waals surface area contributed by atoms with Gasteiger partial charge in [-0.2, -0.15) is 0 Å². The Morgan fingerprint density at radius 1 is 0.310 bits per heavy atom. The molecule has 0 heterocycles. The maximum absolute atomic E-state index is 12.9. The first kappa shape index (κ1) is 95.4. The Labute approximate surface area is 617 Å². The lowest BCUT2D eigenvalue weighted by molar-refractivity contribution is -0.870. The fourth-order valence-corrected chi connectivity index (χ4v) is 11.8. The molecule has 9 nitrogen and oxygen atoms in total. The van der Waals surface area contributed by atoms with Gasteiger partial charge in [-0.25, -0.2) is 0 Å². The van der Waals surface area contributed by atoms with E-state index < -0.39 is 26.5 Å². The fraction of sp³-hybridized carbons (Fsp3) is 0.667. The number of allylic oxidation sites excluding steroid dienone is 28. The highest BCUT2D eigenvalue weighted by Crippen LogP contribution is 2.38. The molecule has 0 aromatic heterocycles. The molecule has 570 valence electrons. The largest absolute Gasteiger partial charge is 0.756 e. The highest BCUT2D eigenvalue weighted by Gasteiger charge is 2.22. The summed E-state index contributed by atoms with van der Waals surface area (Å²) in [6.07, 6.45) is 119. The molecular formula is C90H152NO8P. The van der Waals surface area contributed by atoms with Gasteiger partial charge in [0.1, 0.15) is 19.8 Å². The summed E-state index contributed by atoms with van der Waals surface area (Å²) in [6.45, 7) is 4.01. The molecule has 0 amide bonds. The number of quaternary nitrogens is 1. The molecular weight excluding hydrogens is 1250 g/mol. The van der Waals surface area contributed by atoms with Gasteiger partial charge in [0.2, 0.25) is 0 Å². The number of rotatable bonds is 74. The average molecular weight is 1410 g/mol. The molecule has 0 saturated heterocycles. The van der Waals surface area contributed by atoms with E-state index in [1.807, 2.05) is 21.1 Å². The van der Waals surface area contributed by atoms with E-state index in [-0.39, 0.29) is 32.0 Å². The van der Waals surface area contributed by atoms with Crippen molar-refractivity contribution in [2.24, 2.45) is 0 Å². The number of ether oxygens (including phenoxy) is 2. The van der Waals surface area contributed by atoms with Crippen LogP contribution in [0, 0.1) is 0 Å². The average Bonchev–Trinajstić information content (AvgIpc) is 1.02. The fourth-order valence-electron chi connectivity index (χ4n) is 11.1. The third-order valence-corrected chi connectivity index (χ3v) is 18.2. The molecule has 0 aromatic carbocycles. The van der Waals surface area contributed by atoms with E-state index in [1.165, 1.54) is 154 Å². The van der Waals surface area contributed by atoms with Crippen LogP contribution in [-0.2, 0) is 32.7 Å². The maximum Gasteiger partial charge on any atom is 0.306 e. The van der Waals surface area contributed by atoms with Crippen molar-refractivity contribution >= 4 is 19.8 Å². The molecule has 0 spiro atoms. The number of carbonyl (C=O) groups excluding carboxylic acids is 2. The second-order valence-corrected chi connectivity index (χ2v) is 29.4. The predicted octanol–water partition coefficient (Wildman–Crippen LogP) is 27.0. The van der Waals surface area contributed by atoms with E-state index in [4.69, 9.17) is 18.5 Å². The summed E-state index contributed by atoms with van der Waals surface area (Å²) < 4.78 is 34.4. The Bertz CT molecular complexity index is 2300. The highest BCUT2D eigenvalue weighted by atomic mass is 31.2. The van der Waals surface area contributed by atoms with Crippen LogP contribution in [0.4, 0.5) is 0 Å². The molecule has 0 radical (unpaired) electrons. The van der Waals surface area contributed by atoms with Crippen LogP contribution >= 0.6 is 7.82 Å². The van der Waals surface area contributed by atoms with Crippen LogP contribution in [0.1, 0.15) is 335 Å². The van der Waals surface area contributed by atoms with Gasteiger partial charge in [0.05, 0.1) is 27.7 Å². The number of likely N-dealkylation sites (N-methyl/N-ethyl adjacent to an activating group) is 1. The number of nitrogens with zero attached hydrogens (tertiary/aromatic N) is 1. The lowest BCUT2D eigenvalue weighted by Crippen LogP contribution is -2.37. The number of phosphoric acid groups is 1. The molecule has 0 saturated carbocycles. The first-order valence-electron chi connectivity index (χ1n) is 40.8. The molecule has 0 N–H and O–H groups in total. The quantitative estimate of drug-likeness (QED) is 0.0195. The van der Waals surface area contributed by atoms with Crippen LogP contribution in [0.2, 0.25) is 0 Å². The topological polar surface area (TPSA) is 111 Å². The minimum Gasteiger partial charge on any atom is -0.756 e. The second-order valence-electron chi connectivity index (χ2n) is 28.0. The zero-order valence-corrected chi connectivity index (χ0v) is 66.0. The molecule has 2 unspecified atom stereocenters. The highest BCUT2D eigenvalue weighted by molar-refractivity contribution is 7.45. The molecule has 0 bridgehead atoms. The van der Waals surface area contributed by atoms with E-state index in [2.05, 4.69) is 184 Å². The Hall–Kier alpha value is -4.63. The normalized spacial score (nSPS) is 13.9. The summed E-state index contributed by atoms with van der Waals surface area (Å²) in [5.41, 5.74) is 0. The Morgan fingerprint density at radius 3 is 0.800 bits per heavy atom. The Morgan fingerprint density at radius 2 is 0.540 bits per heavy atom. The van der Waals surface area contributed by atoms with Crippen molar-refractivity contribution in [3.05, 3.63) is 170 Å². The minimum absolute atomic E-state index is 0.0403. The van der Waals surface area contributed by atoms with E-state index in [0.29, 0.717) is 17.4 Å². The van der Waals surface area contributed by atoms with Crippen molar-refractivity contribution < 1.29 is 42.1 Å². The number of hydrogen-bond acceptors (Lipinski definition) is 8. The van der Waals surface area contributed by atoms with Gasteiger partial charge in [0.15, 0.2) is 6.10 Å². The molecule has 100 heavy (non-hydrogen) atoms. The molecule has 0 aromatic rings. The molecule has 2 atom stereocenters. The zero-order valence-electron chi connectivity index (χ0n) is 65.1. The second kappa shape index (κ2) is 78.5. The van der Waals surface area contributed by atoms with Gasteiger partial charge in [-0.3, -0.25) is 14.2 Å². The molecule has 0 fully saturated rings. The number of hydrogen-bond donors (Lipinski definition) is 0. The maximum atomic E-state index is 12.9. The summed E-state index contributed by atoms with van der Waals surface area (Å²) in [7, 11) is 1.15. The van der Waals surface area contributed by atoms with Gasteiger partial charge in [0, 0.05) is 12.8 Å². The first-order valence-corrected chi connectivity index (χ1v) is 42.3. The van der Waals surface area contributed by atoms with E-state index in [0.717, 1.165) is 148 Å². The third-order valence-electron chi connectivity index (χ3n) is 17.2. The van der Waals surface area contributed by atoms with Gasteiger partial charge in [-0.1, -0.05) is 364 Å². The summed E-state index contributed by atoms with van der Waals surface area (Å²) in [6, 6.07) is 0. The molecule has 0 aliphatic heterocycles. The van der Waals surface area contributed by atoms with Crippen LogP contribution in [0.3, 0.4) is 0 Å². The van der Waals surface area contributed by atoms with Crippen molar-refractivity contribution in [2.45, 2.75) is 341 Å². The zero-order chi connectivity index (χ0) is 72.5. The summed E-state index contributed by atoms with van der Waals surface area (Å²) in [5.74, 6) is -0.848. The van der Waals surface area contributed by atoms with E-state index >= 15 is 0 Å².